The van der Waals surface area contributed by atoms with Crippen LogP contribution in [0.15, 0.2) is 46.4 Å². The van der Waals surface area contributed by atoms with Crippen molar-refractivity contribution in [3.63, 3.8) is 0 Å². The summed E-state index contributed by atoms with van der Waals surface area (Å²) in [4.78, 5) is 26.0. The third-order valence-electron chi connectivity index (χ3n) is 3.23. The van der Waals surface area contributed by atoms with Crippen LogP contribution in [0.5, 0.6) is 0 Å². The Labute approximate surface area is 142 Å². The van der Waals surface area contributed by atoms with Crippen molar-refractivity contribution in [3.05, 3.63) is 58.5 Å². The van der Waals surface area contributed by atoms with Crippen molar-refractivity contribution >= 4 is 52.5 Å². The molecule has 2 amide bonds. The first-order valence-corrected chi connectivity index (χ1v) is 7.48. The number of aryl methyl sites for hydroxylation is 1. The minimum Gasteiger partial charge on any atom is -0.462 e. The van der Waals surface area contributed by atoms with Crippen LogP contribution in [-0.2, 0) is 9.59 Å². The summed E-state index contributed by atoms with van der Waals surface area (Å²) in [5, 5.41) is 3.06. The molecule has 2 aromatic rings. The number of rotatable bonds is 2. The number of furan rings is 1. The smallest absolute Gasteiger partial charge is 0.270 e. The van der Waals surface area contributed by atoms with Gasteiger partial charge in [-0.1, -0.05) is 11.6 Å². The highest BCUT2D eigenvalue weighted by atomic mass is 35.5. The summed E-state index contributed by atoms with van der Waals surface area (Å²) < 4.78 is 5.39. The highest BCUT2D eigenvalue weighted by Gasteiger charge is 2.34. The summed E-state index contributed by atoms with van der Waals surface area (Å²) >= 11 is 11.0. The van der Waals surface area contributed by atoms with Gasteiger partial charge in [0.2, 0.25) is 0 Å². The molecule has 1 saturated heterocycles. The number of carbonyl (C=O) groups excluding carboxylic acids is 2. The van der Waals surface area contributed by atoms with Crippen molar-refractivity contribution in [1.29, 1.82) is 0 Å². The van der Waals surface area contributed by atoms with Crippen molar-refractivity contribution < 1.29 is 14.0 Å². The van der Waals surface area contributed by atoms with E-state index < -0.39 is 11.8 Å². The van der Waals surface area contributed by atoms with Gasteiger partial charge in [0.15, 0.2) is 5.11 Å². The number of amides is 2. The largest absolute Gasteiger partial charge is 0.462 e. The maximum Gasteiger partial charge on any atom is 0.270 e. The number of halogens is 1. The van der Waals surface area contributed by atoms with Crippen LogP contribution in [0.3, 0.4) is 0 Å². The molecule has 0 atom stereocenters. The summed E-state index contributed by atoms with van der Waals surface area (Å²) in [5.74, 6) is 0.0323. The van der Waals surface area contributed by atoms with E-state index >= 15 is 0 Å². The summed E-state index contributed by atoms with van der Waals surface area (Å²) in [7, 11) is 0. The van der Waals surface area contributed by atoms with E-state index in [0.717, 1.165) is 0 Å². The van der Waals surface area contributed by atoms with Crippen molar-refractivity contribution in [1.82, 2.24) is 5.32 Å². The van der Waals surface area contributed by atoms with Gasteiger partial charge in [-0.15, -0.1) is 0 Å². The van der Waals surface area contributed by atoms with Crippen LogP contribution < -0.4 is 10.2 Å². The number of carbonyl (C=O) groups is 2. The van der Waals surface area contributed by atoms with Gasteiger partial charge in [0, 0.05) is 5.02 Å². The first-order chi connectivity index (χ1) is 11.0. The van der Waals surface area contributed by atoms with Crippen LogP contribution in [0.4, 0.5) is 5.69 Å². The topological polar surface area (TPSA) is 62.6 Å². The van der Waals surface area contributed by atoms with Gasteiger partial charge in [-0.3, -0.25) is 19.8 Å². The summed E-state index contributed by atoms with van der Waals surface area (Å²) in [6.07, 6.45) is 1.40. The number of nitrogens with one attached hydrogen (secondary N) is 1. The van der Waals surface area contributed by atoms with Gasteiger partial charge < -0.3 is 4.42 Å². The van der Waals surface area contributed by atoms with Gasteiger partial charge in [-0.25, -0.2) is 0 Å². The molecule has 0 aliphatic carbocycles. The molecule has 1 aliphatic heterocycles. The second-order valence-corrected chi connectivity index (χ2v) is 5.71. The molecule has 7 heteroatoms. The van der Waals surface area contributed by atoms with Gasteiger partial charge in [-0.05, 0) is 61.6 Å². The van der Waals surface area contributed by atoms with E-state index in [1.165, 1.54) is 11.0 Å². The Morgan fingerprint density at radius 3 is 2.48 bits per heavy atom. The molecule has 0 radical (unpaired) electrons. The van der Waals surface area contributed by atoms with Crippen LogP contribution >= 0.6 is 23.8 Å². The zero-order valence-corrected chi connectivity index (χ0v) is 13.6. The molecule has 1 aromatic carbocycles. The number of benzene rings is 1. The van der Waals surface area contributed by atoms with E-state index in [-0.39, 0.29) is 10.7 Å². The summed E-state index contributed by atoms with van der Waals surface area (Å²) in [5.41, 5.74) is 0.467. The van der Waals surface area contributed by atoms with E-state index in [1.54, 1.807) is 43.3 Å². The molecule has 0 saturated carbocycles. The van der Waals surface area contributed by atoms with Gasteiger partial charge >= 0.3 is 0 Å². The number of hydrogen-bond acceptors (Lipinski definition) is 4. The van der Waals surface area contributed by atoms with Crippen LogP contribution in [0.25, 0.3) is 6.08 Å². The molecule has 0 bridgehead atoms. The van der Waals surface area contributed by atoms with E-state index in [9.17, 15) is 9.59 Å². The quantitative estimate of drug-likeness (QED) is 0.515. The van der Waals surface area contributed by atoms with E-state index in [1.807, 2.05) is 0 Å². The zero-order chi connectivity index (χ0) is 16.6. The first-order valence-electron chi connectivity index (χ1n) is 6.69. The molecular formula is C16H11ClN2O3S. The monoisotopic (exact) mass is 346 g/mol. The second kappa shape index (κ2) is 5.98. The molecule has 1 N–H and O–H groups in total. The number of nitrogens with zero attached hydrogens (tertiary/aromatic N) is 1. The number of anilines is 1. The minimum atomic E-state index is -0.556. The number of thiocarbonyl (C=S) groups is 1. The fourth-order valence-electron chi connectivity index (χ4n) is 2.16. The Balaban J connectivity index is 2.00. The van der Waals surface area contributed by atoms with Crippen molar-refractivity contribution in [2.24, 2.45) is 0 Å². The lowest BCUT2D eigenvalue weighted by molar-refractivity contribution is -0.122. The fraction of sp³-hybridized carbons (Fsp3) is 0.0625. The van der Waals surface area contributed by atoms with E-state index in [0.29, 0.717) is 22.2 Å². The SMILES string of the molecule is Cc1ccc(/C=C2\C(=O)NC(=S)N(c3ccc(Cl)cc3)C2=O)o1. The molecule has 1 fully saturated rings. The predicted molar refractivity (Wildman–Crippen MR) is 91.1 cm³/mol. The normalized spacial score (nSPS) is 16.9. The van der Waals surface area contributed by atoms with E-state index in [2.05, 4.69) is 5.32 Å². The third-order valence-corrected chi connectivity index (χ3v) is 3.77. The second-order valence-electron chi connectivity index (χ2n) is 4.88. The summed E-state index contributed by atoms with van der Waals surface area (Å²) in [6.45, 7) is 1.78. The average molecular weight is 347 g/mol. The molecule has 23 heavy (non-hydrogen) atoms. The predicted octanol–water partition coefficient (Wildman–Crippen LogP) is 3.07. The lowest BCUT2D eigenvalue weighted by Gasteiger charge is -2.28. The maximum atomic E-state index is 12.7. The summed E-state index contributed by atoms with van der Waals surface area (Å²) in [6, 6.07) is 10.0. The Kier molecular flexibility index (Phi) is 4.02. The lowest BCUT2D eigenvalue weighted by Crippen LogP contribution is -2.54. The average Bonchev–Trinajstić information content (AvgIpc) is 2.91. The first kappa shape index (κ1) is 15.5. The molecule has 0 unspecified atom stereocenters. The van der Waals surface area contributed by atoms with Crippen LogP contribution in [0.2, 0.25) is 5.02 Å². The van der Waals surface area contributed by atoms with Crippen LogP contribution in [0, 0.1) is 6.92 Å². The molecule has 0 spiro atoms. The van der Waals surface area contributed by atoms with Gasteiger partial charge in [0.25, 0.3) is 11.8 Å². The van der Waals surface area contributed by atoms with Crippen molar-refractivity contribution in [2.45, 2.75) is 6.92 Å². The highest BCUT2D eigenvalue weighted by molar-refractivity contribution is 7.80. The lowest BCUT2D eigenvalue weighted by atomic mass is 10.1. The molecule has 116 valence electrons. The van der Waals surface area contributed by atoms with Gasteiger partial charge in [0.05, 0.1) is 5.69 Å². The minimum absolute atomic E-state index is 0.0232. The maximum absolute atomic E-state index is 12.7. The third kappa shape index (κ3) is 3.04. The van der Waals surface area contributed by atoms with Crippen LogP contribution in [-0.4, -0.2) is 16.9 Å². The Morgan fingerprint density at radius 2 is 1.87 bits per heavy atom. The molecule has 3 rings (SSSR count). The van der Waals surface area contributed by atoms with Crippen LogP contribution in [0.1, 0.15) is 11.5 Å². The molecule has 1 aliphatic rings. The molecule has 1 aromatic heterocycles. The fourth-order valence-corrected chi connectivity index (χ4v) is 2.56. The van der Waals surface area contributed by atoms with Gasteiger partial charge in [-0.2, -0.15) is 0 Å². The standard InChI is InChI=1S/C16H11ClN2O3S/c1-9-2-7-12(22-9)8-13-14(20)18-16(23)19(15(13)21)11-5-3-10(17)4-6-11/h2-8H,1H3,(H,18,20,23)/b13-8+. The van der Waals surface area contributed by atoms with Crippen molar-refractivity contribution in [3.8, 4) is 0 Å². The Morgan fingerprint density at radius 1 is 1.17 bits per heavy atom. The highest BCUT2D eigenvalue weighted by Crippen LogP contribution is 2.24. The zero-order valence-electron chi connectivity index (χ0n) is 12.0. The molecule has 2 heterocycles. The van der Waals surface area contributed by atoms with Crippen molar-refractivity contribution in [2.75, 3.05) is 4.90 Å². The number of hydrogen-bond donors (Lipinski definition) is 1. The van der Waals surface area contributed by atoms with E-state index in [4.69, 9.17) is 28.2 Å². The Hall–Kier alpha value is -2.44. The van der Waals surface area contributed by atoms with Gasteiger partial charge in [0.1, 0.15) is 17.1 Å². The molecular weight excluding hydrogens is 336 g/mol. The Bertz CT molecular complexity index is 839. The molecule has 5 nitrogen and oxygen atoms in total.